The van der Waals surface area contributed by atoms with Gasteiger partial charge in [-0.15, -0.1) is 0 Å². The van der Waals surface area contributed by atoms with Crippen molar-refractivity contribution in [2.24, 2.45) is 5.92 Å². The number of nitrogens with zero attached hydrogens (tertiary/aromatic N) is 2. The molecule has 2 aromatic rings. The van der Waals surface area contributed by atoms with Gasteiger partial charge in [0.2, 0.25) is 0 Å². The summed E-state index contributed by atoms with van der Waals surface area (Å²) in [5.74, 6) is 2.15. The van der Waals surface area contributed by atoms with E-state index in [0.717, 1.165) is 18.1 Å². The Labute approximate surface area is 131 Å². The normalized spacial score (nSPS) is 17.1. The van der Waals surface area contributed by atoms with Crippen LogP contribution in [-0.4, -0.2) is 29.9 Å². The molecule has 0 spiro atoms. The van der Waals surface area contributed by atoms with Gasteiger partial charge in [-0.2, -0.15) is 5.10 Å². The Kier molecular flexibility index (Phi) is 3.32. The minimum atomic E-state index is 0.543. The molecular formula is C18H23N3O. The molecular weight excluding hydrogens is 274 g/mol. The van der Waals surface area contributed by atoms with Crippen molar-refractivity contribution in [1.29, 1.82) is 0 Å². The highest BCUT2D eigenvalue weighted by molar-refractivity contribution is 5.79. The van der Waals surface area contributed by atoms with E-state index in [1.165, 1.54) is 42.9 Å². The van der Waals surface area contributed by atoms with E-state index in [1.54, 1.807) is 0 Å². The summed E-state index contributed by atoms with van der Waals surface area (Å²) in [4.78, 5) is 2.48. The summed E-state index contributed by atoms with van der Waals surface area (Å²) >= 11 is 0. The van der Waals surface area contributed by atoms with Gasteiger partial charge in [0.05, 0.1) is 18.0 Å². The van der Waals surface area contributed by atoms with E-state index in [9.17, 15) is 0 Å². The molecule has 1 fully saturated rings. The molecule has 0 unspecified atom stereocenters. The highest BCUT2D eigenvalue weighted by Crippen LogP contribution is 2.45. The van der Waals surface area contributed by atoms with Gasteiger partial charge >= 0.3 is 0 Å². The van der Waals surface area contributed by atoms with Crippen molar-refractivity contribution in [2.45, 2.75) is 32.6 Å². The number of hydrogen-bond acceptors (Lipinski definition) is 3. The Morgan fingerprint density at radius 3 is 2.64 bits per heavy atom. The van der Waals surface area contributed by atoms with Crippen LogP contribution in [0.4, 0.5) is 5.69 Å². The molecule has 0 aliphatic carbocycles. The van der Waals surface area contributed by atoms with Gasteiger partial charge in [0.25, 0.3) is 0 Å². The van der Waals surface area contributed by atoms with Crippen molar-refractivity contribution in [3.63, 3.8) is 0 Å². The number of piperidine rings is 1. The molecule has 2 bridgehead atoms. The molecule has 0 amide bonds. The first-order valence-corrected chi connectivity index (χ1v) is 8.29. The average molecular weight is 297 g/mol. The topological polar surface area (TPSA) is 41.1 Å². The summed E-state index contributed by atoms with van der Waals surface area (Å²) in [6.07, 6.45) is 2.52. The van der Waals surface area contributed by atoms with E-state index in [0.29, 0.717) is 11.8 Å². The lowest BCUT2D eigenvalue weighted by molar-refractivity contribution is 0.271. The van der Waals surface area contributed by atoms with Crippen molar-refractivity contribution in [2.75, 3.05) is 24.6 Å². The smallest absolute Gasteiger partial charge is 0.119 e. The fraction of sp³-hybridized carbons (Fsp3) is 0.500. The molecule has 116 valence electrons. The molecule has 0 atom stereocenters. The molecule has 1 saturated heterocycles. The predicted molar refractivity (Wildman–Crippen MR) is 88.5 cm³/mol. The second-order valence-electron chi connectivity index (χ2n) is 6.83. The van der Waals surface area contributed by atoms with Gasteiger partial charge in [0.15, 0.2) is 0 Å². The first kappa shape index (κ1) is 13.7. The number of benzene rings is 1. The number of nitrogens with one attached hydrogen (secondary N) is 1. The van der Waals surface area contributed by atoms with E-state index >= 15 is 0 Å². The maximum absolute atomic E-state index is 5.76. The molecule has 4 nitrogen and oxygen atoms in total. The van der Waals surface area contributed by atoms with Crippen LogP contribution in [0.3, 0.4) is 0 Å². The zero-order chi connectivity index (χ0) is 15.1. The molecule has 1 aromatic carbocycles. The highest BCUT2D eigenvalue weighted by Gasteiger charge is 2.35. The van der Waals surface area contributed by atoms with Crippen molar-refractivity contribution < 1.29 is 4.74 Å². The van der Waals surface area contributed by atoms with Crippen molar-refractivity contribution in [3.05, 3.63) is 30.0 Å². The van der Waals surface area contributed by atoms with Gasteiger partial charge in [0, 0.05) is 24.6 Å². The maximum Gasteiger partial charge on any atom is 0.119 e. The van der Waals surface area contributed by atoms with Gasteiger partial charge in [-0.25, -0.2) is 0 Å². The summed E-state index contributed by atoms with van der Waals surface area (Å²) in [6.45, 7) is 7.41. The quantitative estimate of drug-likeness (QED) is 0.933. The van der Waals surface area contributed by atoms with Gasteiger partial charge in [-0.3, -0.25) is 5.10 Å². The summed E-state index contributed by atoms with van der Waals surface area (Å²) in [6, 6.07) is 8.34. The fourth-order valence-corrected chi connectivity index (χ4v) is 3.52. The zero-order valence-corrected chi connectivity index (χ0v) is 13.3. The Bertz CT molecular complexity index is 651. The van der Waals surface area contributed by atoms with Crippen LogP contribution in [0.2, 0.25) is 0 Å². The van der Waals surface area contributed by atoms with Crippen LogP contribution >= 0.6 is 0 Å². The molecule has 0 saturated carbocycles. The number of fused-ring (bicyclic) bond motifs is 2. The maximum atomic E-state index is 5.76. The lowest BCUT2D eigenvalue weighted by atomic mass is 9.86. The molecule has 1 aromatic heterocycles. The molecule has 0 radical (unpaired) electrons. The van der Waals surface area contributed by atoms with Crippen molar-refractivity contribution in [1.82, 2.24) is 10.2 Å². The van der Waals surface area contributed by atoms with Gasteiger partial charge in [0.1, 0.15) is 11.4 Å². The number of anilines is 1. The fourth-order valence-electron chi connectivity index (χ4n) is 3.52. The van der Waals surface area contributed by atoms with Crippen LogP contribution in [-0.2, 0) is 0 Å². The third kappa shape index (κ3) is 2.27. The minimum absolute atomic E-state index is 0.543. The third-order valence-corrected chi connectivity index (χ3v) is 4.70. The van der Waals surface area contributed by atoms with Crippen LogP contribution in [0.5, 0.6) is 5.75 Å². The number of hydrogen-bond donors (Lipinski definition) is 1. The van der Waals surface area contributed by atoms with Crippen molar-refractivity contribution >= 4 is 5.69 Å². The van der Waals surface area contributed by atoms with Gasteiger partial charge in [-0.05, 0) is 43.0 Å². The zero-order valence-electron chi connectivity index (χ0n) is 13.3. The first-order valence-electron chi connectivity index (χ1n) is 8.29. The SMILES string of the molecule is CC(C)COc1ccc(-c2n[nH]c3c2N2CCC3CC2)cc1. The molecule has 4 heterocycles. The minimum Gasteiger partial charge on any atom is -0.493 e. The molecule has 3 aliphatic rings. The first-order chi connectivity index (χ1) is 10.7. The van der Waals surface area contributed by atoms with E-state index < -0.39 is 0 Å². The summed E-state index contributed by atoms with van der Waals surface area (Å²) < 4.78 is 5.76. The van der Waals surface area contributed by atoms with E-state index in [-0.39, 0.29) is 0 Å². The monoisotopic (exact) mass is 297 g/mol. The van der Waals surface area contributed by atoms with Crippen LogP contribution in [0.25, 0.3) is 11.3 Å². The van der Waals surface area contributed by atoms with E-state index in [2.05, 4.69) is 53.2 Å². The lowest BCUT2D eigenvalue weighted by Gasteiger charge is -2.40. The van der Waals surface area contributed by atoms with Crippen LogP contribution in [0.1, 0.15) is 38.3 Å². The largest absolute Gasteiger partial charge is 0.493 e. The molecule has 1 N–H and O–H groups in total. The van der Waals surface area contributed by atoms with Crippen LogP contribution in [0.15, 0.2) is 24.3 Å². The lowest BCUT2D eigenvalue weighted by Crippen LogP contribution is -2.38. The summed E-state index contributed by atoms with van der Waals surface area (Å²) in [5, 5.41) is 7.89. The summed E-state index contributed by atoms with van der Waals surface area (Å²) in [7, 11) is 0. The standard InChI is InChI=1S/C18H23N3O/c1-12(2)11-22-15-5-3-13(4-6-15)16-18-17(20-19-16)14-7-9-21(18)10-8-14/h3-6,12,14H,7-11H2,1-2H3,(H,19,20). The van der Waals surface area contributed by atoms with Crippen LogP contribution in [0, 0.1) is 5.92 Å². The number of ether oxygens (including phenoxy) is 1. The van der Waals surface area contributed by atoms with E-state index in [4.69, 9.17) is 4.74 Å². The Morgan fingerprint density at radius 1 is 1.23 bits per heavy atom. The second-order valence-corrected chi connectivity index (χ2v) is 6.83. The number of aromatic nitrogens is 2. The van der Waals surface area contributed by atoms with Crippen LogP contribution < -0.4 is 9.64 Å². The third-order valence-electron chi connectivity index (χ3n) is 4.70. The van der Waals surface area contributed by atoms with Gasteiger partial charge < -0.3 is 9.64 Å². The molecule has 3 aliphatic heterocycles. The molecule has 5 rings (SSSR count). The highest BCUT2D eigenvalue weighted by atomic mass is 16.5. The summed E-state index contributed by atoms with van der Waals surface area (Å²) in [5.41, 5.74) is 4.93. The predicted octanol–water partition coefficient (Wildman–Crippen LogP) is 3.81. The van der Waals surface area contributed by atoms with Crippen molar-refractivity contribution in [3.8, 4) is 17.0 Å². The Balaban J connectivity index is 1.61. The van der Waals surface area contributed by atoms with E-state index in [1.807, 2.05) is 0 Å². The molecule has 22 heavy (non-hydrogen) atoms. The average Bonchev–Trinajstić information content (AvgIpc) is 3.02. The number of aromatic amines is 1. The number of H-pyrrole nitrogens is 1. The molecule has 4 heteroatoms. The Morgan fingerprint density at radius 2 is 1.95 bits per heavy atom. The van der Waals surface area contributed by atoms with Gasteiger partial charge in [-0.1, -0.05) is 13.8 Å². The second kappa shape index (κ2) is 5.34. The number of rotatable bonds is 4. The Hall–Kier alpha value is -1.97.